The number of nitrogens with one attached hydrogen (secondary N) is 1. The number of hydrogen-bond acceptors (Lipinski definition) is 6. The van der Waals surface area contributed by atoms with E-state index < -0.39 is 40.0 Å². The highest BCUT2D eigenvalue weighted by atomic mass is 35.5. The summed E-state index contributed by atoms with van der Waals surface area (Å²) in [4.78, 5) is 28.6. The molecule has 0 heterocycles. The van der Waals surface area contributed by atoms with Crippen molar-refractivity contribution in [1.82, 2.24) is 10.2 Å². The molecule has 3 aromatic carbocycles. The Bertz CT molecular complexity index is 1530. The molecule has 1 unspecified atom stereocenters. The van der Waals surface area contributed by atoms with Crippen molar-refractivity contribution in [3.05, 3.63) is 82.3 Å². The van der Waals surface area contributed by atoms with E-state index in [0.29, 0.717) is 16.3 Å². The first-order valence-electron chi connectivity index (χ1n) is 13.0. The van der Waals surface area contributed by atoms with E-state index in [1.807, 2.05) is 20.8 Å². The van der Waals surface area contributed by atoms with Gasteiger partial charge in [0.15, 0.2) is 11.5 Å². The van der Waals surface area contributed by atoms with Crippen molar-refractivity contribution >= 4 is 50.7 Å². The van der Waals surface area contributed by atoms with Gasteiger partial charge in [-0.2, -0.15) is 0 Å². The highest BCUT2D eigenvalue weighted by Crippen LogP contribution is 2.34. The van der Waals surface area contributed by atoms with E-state index in [-0.39, 0.29) is 27.9 Å². The third-order valence-electron chi connectivity index (χ3n) is 6.27. The molecule has 2 amide bonds. The van der Waals surface area contributed by atoms with Crippen LogP contribution in [-0.2, 0) is 26.2 Å². The lowest BCUT2D eigenvalue weighted by Crippen LogP contribution is -2.54. The maximum Gasteiger partial charge on any atom is 0.264 e. The third kappa shape index (κ3) is 8.08. The fraction of sp³-hybridized carbons (Fsp3) is 0.333. The molecule has 3 aromatic rings. The minimum Gasteiger partial charge on any atom is -0.493 e. The molecule has 0 aromatic heterocycles. The molecule has 226 valence electrons. The van der Waals surface area contributed by atoms with E-state index >= 15 is 0 Å². The second kappa shape index (κ2) is 13.7. The summed E-state index contributed by atoms with van der Waals surface area (Å²) >= 11 is 12.3. The monoisotopic (exact) mass is 635 g/mol. The molecule has 0 saturated heterocycles. The molecular formula is C30H35Cl2N3O6S. The number of carbonyl (C=O) groups excluding carboxylic acids is 2. The van der Waals surface area contributed by atoms with Crippen LogP contribution in [0, 0.1) is 0 Å². The van der Waals surface area contributed by atoms with E-state index in [1.54, 1.807) is 49.4 Å². The second-order valence-electron chi connectivity index (χ2n) is 10.5. The number of anilines is 1. The Hall–Kier alpha value is -3.47. The summed E-state index contributed by atoms with van der Waals surface area (Å²) in [5.41, 5.74) is 0.217. The minimum absolute atomic E-state index is 0.0119. The van der Waals surface area contributed by atoms with Gasteiger partial charge in [0.05, 0.1) is 34.8 Å². The normalized spacial score (nSPS) is 12.3. The van der Waals surface area contributed by atoms with Gasteiger partial charge in [-0.3, -0.25) is 13.9 Å². The van der Waals surface area contributed by atoms with Crippen molar-refractivity contribution in [2.45, 2.75) is 50.7 Å². The third-order valence-corrected chi connectivity index (χ3v) is 8.79. The molecule has 0 aliphatic rings. The Balaban J connectivity index is 2.10. The molecule has 12 heteroatoms. The van der Waals surface area contributed by atoms with Crippen LogP contribution in [0.2, 0.25) is 10.0 Å². The van der Waals surface area contributed by atoms with Crippen LogP contribution in [0.15, 0.2) is 71.6 Å². The number of amides is 2. The Morgan fingerprint density at radius 2 is 1.55 bits per heavy atom. The van der Waals surface area contributed by atoms with E-state index in [1.165, 1.54) is 43.4 Å². The molecule has 0 fully saturated rings. The number of methoxy groups -OCH3 is 2. The van der Waals surface area contributed by atoms with Crippen LogP contribution < -0.4 is 19.1 Å². The lowest BCUT2D eigenvalue weighted by atomic mass is 10.1. The standard InChI is InChI=1S/C30H35Cl2N3O6S/c1-20(29(37)33-30(2,3)4)34(18-21-12-14-24(31)25(32)16-21)28(36)19-35(42(38,39)23-10-8-7-9-11-23)22-13-15-26(40-5)27(17-22)41-6/h7-17,20H,18-19H2,1-6H3,(H,33,37). The molecule has 0 aliphatic heterocycles. The molecule has 3 rings (SSSR count). The summed E-state index contributed by atoms with van der Waals surface area (Å²) in [6.45, 7) is 6.43. The van der Waals surface area contributed by atoms with Gasteiger partial charge in [0.1, 0.15) is 12.6 Å². The second-order valence-corrected chi connectivity index (χ2v) is 13.2. The molecule has 1 N–H and O–H groups in total. The molecule has 0 aliphatic carbocycles. The Morgan fingerprint density at radius 3 is 2.12 bits per heavy atom. The van der Waals surface area contributed by atoms with E-state index in [4.69, 9.17) is 32.7 Å². The zero-order valence-electron chi connectivity index (χ0n) is 24.4. The Labute approximate surface area is 257 Å². The van der Waals surface area contributed by atoms with Crippen LogP contribution in [0.25, 0.3) is 0 Å². The zero-order chi connectivity index (χ0) is 31.2. The maximum absolute atomic E-state index is 14.1. The number of halogens is 2. The molecular weight excluding hydrogens is 601 g/mol. The number of nitrogens with zero attached hydrogens (tertiary/aromatic N) is 2. The molecule has 9 nitrogen and oxygen atoms in total. The first kappa shape index (κ1) is 33.0. The van der Waals surface area contributed by atoms with Crippen molar-refractivity contribution in [3.63, 3.8) is 0 Å². The van der Waals surface area contributed by atoms with Gasteiger partial charge in [-0.05, 0) is 69.7 Å². The highest BCUT2D eigenvalue weighted by molar-refractivity contribution is 7.92. The predicted octanol–water partition coefficient (Wildman–Crippen LogP) is 5.54. The van der Waals surface area contributed by atoms with Gasteiger partial charge in [-0.1, -0.05) is 47.5 Å². The highest BCUT2D eigenvalue weighted by Gasteiger charge is 2.33. The summed E-state index contributed by atoms with van der Waals surface area (Å²) in [5, 5.41) is 3.51. The van der Waals surface area contributed by atoms with Crippen LogP contribution in [0.4, 0.5) is 5.69 Å². The van der Waals surface area contributed by atoms with E-state index in [9.17, 15) is 18.0 Å². The quantitative estimate of drug-likeness (QED) is 0.297. The van der Waals surface area contributed by atoms with Gasteiger partial charge in [-0.25, -0.2) is 8.42 Å². The van der Waals surface area contributed by atoms with Gasteiger partial charge >= 0.3 is 0 Å². The number of benzene rings is 3. The Kier molecular flexibility index (Phi) is 10.8. The lowest BCUT2D eigenvalue weighted by Gasteiger charge is -2.33. The number of hydrogen-bond donors (Lipinski definition) is 1. The topological polar surface area (TPSA) is 105 Å². The summed E-state index contributed by atoms with van der Waals surface area (Å²) in [6, 6.07) is 16.3. The van der Waals surface area contributed by atoms with Crippen molar-refractivity contribution in [1.29, 1.82) is 0 Å². The summed E-state index contributed by atoms with van der Waals surface area (Å²) in [6.07, 6.45) is 0. The number of ether oxygens (including phenoxy) is 2. The first-order chi connectivity index (χ1) is 19.7. The molecule has 1 atom stereocenters. The van der Waals surface area contributed by atoms with Crippen LogP contribution in [-0.4, -0.2) is 57.5 Å². The smallest absolute Gasteiger partial charge is 0.264 e. The van der Waals surface area contributed by atoms with Crippen LogP contribution >= 0.6 is 23.2 Å². The van der Waals surface area contributed by atoms with Gasteiger partial charge in [0, 0.05) is 18.2 Å². The van der Waals surface area contributed by atoms with Crippen LogP contribution in [0.3, 0.4) is 0 Å². The van der Waals surface area contributed by atoms with Crippen LogP contribution in [0.5, 0.6) is 11.5 Å². The van der Waals surface area contributed by atoms with Gasteiger partial charge in [-0.15, -0.1) is 0 Å². The van der Waals surface area contributed by atoms with E-state index in [2.05, 4.69) is 5.32 Å². The van der Waals surface area contributed by atoms with Crippen molar-refractivity contribution in [2.75, 3.05) is 25.1 Å². The summed E-state index contributed by atoms with van der Waals surface area (Å²) in [5.74, 6) is -0.355. The van der Waals surface area contributed by atoms with Gasteiger partial charge < -0.3 is 19.7 Å². The van der Waals surface area contributed by atoms with Crippen molar-refractivity contribution in [2.24, 2.45) is 0 Å². The van der Waals surface area contributed by atoms with E-state index in [0.717, 1.165) is 4.31 Å². The average molecular weight is 637 g/mol. The molecule has 0 spiro atoms. The average Bonchev–Trinajstić information content (AvgIpc) is 2.95. The molecule has 0 radical (unpaired) electrons. The first-order valence-corrected chi connectivity index (χ1v) is 15.2. The minimum atomic E-state index is -4.24. The van der Waals surface area contributed by atoms with Crippen LogP contribution in [0.1, 0.15) is 33.3 Å². The molecule has 42 heavy (non-hydrogen) atoms. The van der Waals surface area contributed by atoms with Gasteiger partial charge in [0.2, 0.25) is 11.8 Å². The number of carbonyl (C=O) groups is 2. The summed E-state index contributed by atoms with van der Waals surface area (Å²) < 4.78 is 39.6. The van der Waals surface area contributed by atoms with Crippen molar-refractivity contribution in [3.8, 4) is 11.5 Å². The van der Waals surface area contributed by atoms with Gasteiger partial charge in [0.25, 0.3) is 10.0 Å². The van der Waals surface area contributed by atoms with Crippen molar-refractivity contribution < 1.29 is 27.5 Å². The zero-order valence-corrected chi connectivity index (χ0v) is 26.7. The fourth-order valence-electron chi connectivity index (χ4n) is 4.12. The fourth-order valence-corrected chi connectivity index (χ4v) is 5.87. The molecule has 0 saturated carbocycles. The SMILES string of the molecule is COc1ccc(N(CC(=O)N(Cc2ccc(Cl)c(Cl)c2)C(C)C(=O)NC(C)(C)C)S(=O)(=O)c2ccccc2)cc1OC. The molecule has 0 bridgehead atoms. The number of sulfonamides is 1. The summed E-state index contributed by atoms with van der Waals surface area (Å²) in [7, 11) is -1.35. The maximum atomic E-state index is 14.1. The Morgan fingerprint density at radius 1 is 0.905 bits per heavy atom. The lowest BCUT2D eigenvalue weighted by molar-refractivity contribution is -0.140. The predicted molar refractivity (Wildman–Crippen MR) is 165 cm³/mol. The largest absolute Gasteiger partial charge is 0.493 e. The number of rotatable bonds is 11.